The third kappa shape index (κ3) is 3.34. The molecule has 0 aliphatic carbocycles. The van der Waals surface area contributed by atoms with Gasteiger partial charge in [-0.3, -0.25) is 14.5 Å². The predicted molar refractivity (Wildman–Crippen MR) is 122 cm³/mol. The molecule has 1 unspecified atom stereocenters. The van der Waals surface area contributed by atoms with Gasteiger partial charge in [0.25, 0.3) is 5.91 Å². The summed E-state index contributed by atoms with van der Waals surface area (Å²) in [7, 11) is 0. The second-order valence-corrected chi connectivity index (χ2v) is 8.15. The van der Waals surface area contributed by atoms with Crippen LogP contribution in [0, 0.1) is 0 Å². The van der Waals surface area contributed by atoms with Gasteiger partial charge in [0, 0.05) is 11.9 Å². The second-order valence-electron chi connectivity index (χ2n) is 8.15. The number of carbonyl (C=O) groups excluding carboxylic acids is 3. The fourth-order valence-corrected chi connectivity index (χ4v) is 4.39. The van der Waals surface area contributed by atoms with Crippen LogP contribution in [0.25, 0.3) is 10.8 Å². The first-order valence-electron chi connectivity index (χ1n) is 10.7. The van der Waals surface area contributed by atoms with Crippen molar-refractivity contribution in [2.45, 2.75) is 19.4 Å². The summed E-state index contributed by atoms with van der Waals surface area (Å²) in [6.45, 7) is 3.63. The first-order chi connectivity index (χ1) is 15.9. The highest BCUT2D eigenvalue weighted by Crippen LogP contribution is 2.38. The molecule has 5 rings (SSSR count). The Bertz CT molecular complexity index is 1280. The number of anilines is 1. The number of nitrogens with zero attached hydrogens (tertiary/aromatic N) is 2. The maximum Gasteiger partial charge on any atom is 0.325 e. The first kappa shape index (κ1) is 20.8. The van der Waals surface area contributed by atoms with E-state index in [4.69, 9.17) is 9.47 Å². The summed E-state index contributed by atoms with van der Waals surface area (Å²) in [5.41, 5.74) is -0.0119. The summed E-state index contributed by atoms with van der Waals surface area (Å²) < 4.78 is 10.7. The molecule has 8 nitrogen and oxygen atoms in total. The van der Waals surface area contributed by atoms with Gasteiger partial charge in [-0.2, -0.15) is 0 Å². The van der Waals surface area contributed by atoms with E-state index in [9.17, 15) is 14.4 Å². The Hall–Kier alpha value is -4.07. The van der Waals surface area contributed by atoms with Gasteiger partial charge in [-0.05, 0) is 43.0 Å². The van der Waals surface area contributed by atoms with E-state index in [0.717, 1.165) is 21.4 Å². The Morgan fingerprint density at radius 1 is 1.06 bits per heavy atom. The number of rotatable bonds is 5. The van der Waals surface area contributed by atoms with E-state index in [1.807, 2.05) is 49.4 Å². The quantitative estimate of drug-likeness (QED) is 0.609. The number of likely N-dealkylation sites (N-methyl/N-ethyl adjacent to an activating group) is 1. The number of ether oxygens (including phenoxy) is 2. The summed E-state index contributed by atoms with van der Waals surface area (Å²) in [5.74, 6) is 0.263. The predicted octanol–water partition coefficient (Wildman–Crippen LogP) is 3.39. The Balaban J connectivity index is 1.41. The zero-order chi connectivity index (χ0) is 23.2. The van der Waals surface area contributed by atoms with Crippen LogP contribution in [-0.4, -0.2) is 42.6 Å². The first-order valence-corrected chi connectivity index (χ1v) is 10.7. The SMILES string of the molecule is CCN(C(=O)CN1C(=O)NC(C)(c2ccc3c(c2)OCO3)C1=O)c1cccc2ccccc12. The monoisotopic (exact) mass is 445 g/mol. The Morgan fingerprint density at radius 2 is 1.82 bits per heavy atom. The molecule has 0 saturated carbocycles. The minimum Gasteiger partial charge on any atom is -0.454 e. The summed E-state index contributed by atoms with van der Waals surface area (Å²) in [6, 6.07) is 18.0. The lowest BCUT2D eigenvalue weighted by molar-refractivity contribution is -0.134. The van der Waals surface area contributed by atoms with Gasteiger partial charge < -0.3 is 19.7 Å². The third-order valence-corrected chi connectivity index (χ3v) is 6.19. The summed E-state index contributed by atoms with van der Waals surface area (Å²) >= 11 is 0. The maximum atomic E-state index is 13.3. The Kier molecular flexibility index (Phi) is 4.92. The number of amides is 4. The zero-order valence-corrected chi connectivity index (χ0v) is 18.3. The number of nitrogens with one attached hydrogen (secondary N) is 1. The molecule has 3 aromatic carbocycles. The van der Waals surface area contributed by atoms with Crippen LogP contribution in [-0.2, 0) is 15.1 Å². The molecule has 1 N–H and O–H groups in total. The van der Waals surface area contributed by atoms with E-state index in [2.05, 4.69) is 5.32 Å². The van der Waals surface area contributed by atoms with Gasteiger partial charge in [0.15, 0.2) is 11.5 Å². The molecule has 168 valence electrons. The van der Waals surface area contributed by atoms with Crippen LogP contribution >= 0.6 is 0 Å². The van der Waals surface area contributed by atoms with Crippen molar-refractivity contribution in [3.8, 4) is 11.5 Å². The molecule has 2 aliphatic heterocycles. The summed E-state index contributed by atoms with van der Waals surface area (Å²) in [6.07, 6.45) is 0. The fraction of sp³-hybridized carbons (Fsp3) is 0.240. The number of hydrogen-bond acceptors (Lipinski definition) is 5. The van der Waals surface area contributed by atoms with E-state index in [-0.39, 0.29) is 19.2 Å². The van der Waals surface area contributed by atoms with Crippen LogP contribution in [0.1, 0.15) is 19.4 Å². The van der Waals surface area contributed by atoms with Gasteiger partial charge in [0.1, 0.15) is 12.1 Å². The number of urea groups is 1. The molecule has 2 heterocycles. The Morgan fingerprint density at radius 3 is 2.64 bits per heavy atom. The van der Waals surface area contributed by atoms with Crippen molar-refractivity contribution in [2.24, 2.45) is 0 Å². The molecule has 0 bridgehead atoms. The molecule has 0 spiro atoms. The van der Waals surface area contributed by atoms with Gasteiger partial charge in [-0.25, -0.2) is 4.79 Å². The number of carbonyl (C=O) groups is 3. The van der Waals surface area contributed by atoms with E-state index in [0.29, 0.717) is 23.6 Å². The topological polar surface area (TPSA) is 88.2 Å². The minimum absolute atomic E-state index is 0.109. The number of fused-ring (bicyclic) bond motifs is 2. The lowest BCUT2D eigenvalue weighted by Gasteiger charge is -2.25. The zero-order valence-electron chi connectivity index (χ0n) is 18.3. The minimum atomic E-state index is -1.31. The van der Waals surface area contributed by atoms with Gasteiger partial charge in [0.05, 0.1) is 5.69 Å². The van der Waals surface area contributed by atoms with E-state index < -0.39 is 17.5 Å². The Labute approximate surface area is 190 Å². The number of hydrogen-bond donors (Lipinski definition) is 1. The molecule has 33 heavy (non-hydrogen) atoms. The molecule has 0 aromatic heterocycles. The van der Waals surface area contributed by atoms with Gasteiger partial charge in [0.2, 0.25) is 12.7 Å². The van der Waals surface area contributed by atoms with Gasteiger partial charge in [-0.15, -0.1) is 0 Å². The number of benzene rings is 3. The van der Waals surface area contributed by atoms with Crippen LogP contribution in [0.2, 0.25) is 0 Å². The normalized spacial score (nSPS) is 19.2. The molecular formula is C25H23N3O5. The maximum absolute atomic E-state index is 13.3. The molecule has 0 radical (unpaired) electrons. The van der Waals surface area contributed by atoms with Crippen molar-refractivity contribution < 1.29 is 23.9 Å². The lowest BCUT2D eigenvalue weighted by Crippen LogP contribution is -2.44. The fourth-order valence-electron chi connectivity index (χ4n) is 4.39. The molecule has 4 amide bonds. The van der Waals surface area contributed by atoms with Crippen LogP contribution in [0.3, 0.4) is 0 Å². The van der Waals surface area contributed by atoms with E-state index in [1.165, 1.54) is 0 Å². The molecule has 1 saturated heterocycles. The van der Waals surface area contributed by atoms with E-state index in [1.54, 1.807) is 30.0 Å². The number of imide groups is 1. The van der Waals surface area contributed by atoms with Crippen molar-refractivity contribution in [1.82, 2.24) is 10.2 Å². The van der Waals surface area contributed by atoms with Crippen molar-refractivity contribution in [3.05, 3.63) is 66.2 Å². The van der Waals surface area contributed by atoms with Crippen molar-refractivity contribution in [3.63, 3.8) is 0 Å². The summed E-state index contributed by atoms with van der Waals surface area (Å²) in [4.78, 5) is 42.0. The summed E-state index contributed by atoms with van der Waals surface area (Å²) in [5, 5.41) is 4.67. The molecular weight excluding hydrogens is 422 g/mol. The highest BCUT2D eigenvalue weighted by atomic mass is 16.7. The van der Waals surface area contributed by atoms with Crippen molar-refractivity contribution in [2.75, 3.05) is 24.8 Å². The second kappa shape index (κ2) is 7.81. The molecule has 1 fully saturated rings. The standard InChI is InChI=1S/C25H23N3O5/c1-3-27(19-10-6-8-16-7-4-5-9-18(16)19)22(29)14-28-23(30)25(2,26-24(28)31)17-11-12-20-21(13-17)33-15-32-20/h4-13H,3,14-15H2,1-2H3,(H,26,31). The van der Waals surface area contributed by atoms with Crippen LogP contribution in [0.15, 0.2) is 60.7 Å². The van der Waals surface area contributed by atoms with Gasteiger partial charge >= 0.3 is 6.03 Å². The molecule has 3 aromatic rings. The molecule has 2 aliphatic rings. The average Bonchev–Trinajstić information content (AvgIpc) is 3.38. The third-order valence-electron chi connectivity index (χ3n) is 6.19. The molecule has 8 heteroatoms. The van der Waals surface area contributed by atoms with Crippen molar-refractivity contribution >= 4 is 34.3 Å². The van der Waals surface area contributed by atoms with Crippen LogP contribution in [0.5, 0.6) is 11.5 Å². The van der Waals surface area contributed by atoms with Crippen LogP contribution in [0.4, 0.5) is 10.5 Å². The molecule has 1 atom stereocenters. The lowest BCUT2D eigenvalue weighted by atomic mass is 9.91. The largest absolute Gasteiger partial charge is 0.454 e. The van der Waals surface area contributed by atoms with E-state index >= 15 is 0 Å². The highest BCUT2D eigenvalue weighted by molar-refractivity contribution is 6.11. The smallest absolute Gasteiger partial charge is 0.325 e. The van der Waals surface area contributed by atoms with Crippen LogP contribution < -0.4 is 19.7 Å². The average molecular weight is 445 g/mol. The van der Waals surface area contributed by atoms with Crippen molar-refractivity contribution in [1.29, 1.82) is 0 Å². The van der Waals surface area contributed by atoms with Gasteiger partial charge in [-0.1, -0.05) is 42.5 Å². The highest BCUT2D eigenvalue weighted by Gasteiger charge is 2.50.